The van der Waals surface area contributed by atoms with Crippen LogP contribution in [0, 0.1) is 0 Å². The molecule has 0 atom stereocenters. The van der Waals surface area contributed by atoms with Gasteiger partial charge in [-0.3, -0.25) is 9.59 Å². The summed E-state index contributed by atoms with van der Waals surface area (Å²) >= 11 is 1.43. The van der Waals surface area contributed by atoms with Gasteiger partial charge in [-0.15, -0.1) is 11.3 Å². The predicted octanol–water partition coefficient (Wildman–Crippen LogP) is 4.05. The maximum atomic E-state index is 12.8. The summed E-state index contributed by atoms with van der Waals surface area (Å²) in [5.41, 5.74) is 3.22. The first-order valence-electron chi connectivity index (χ1n) is 9.53. The summed E-state index contributed by atoms with van der Waals surface area (Å²) in [6.45, 7) is 4.37. The summed E-state index contributed by atoms with van der Waals surface area (Å²) in [6.07, 6.45) is 0. The Labute approximate surface area is 173 Å². The van der Waals surface area contributed by atoms with E-state index in [9.17, 15) is 9.59 Å². The van der Waals surface area contributed by atoms with Gasteiger partial charge in [-0.25, -0.2) is 4.98 Å². The Bertz CT molecular complexity index is 993. The molecule has 29 heavy (non-hydrogen) atoms. The molecule has 1 amide bonds. The van der Waals surface area contributed by atoms with E-state index in [2.05, 4.69) is 15.2 Å². The molecular weight excluding hydrogens is 384 g/mol. The van der Waals surface area contributed by atoms with E-state index in [0.717, 1.165) is 24.5 Å². The van der Waals surface area contributed by atoms with Crippen molar-refractivity contribution < 1.29 is 9.59 Å². The molecular formula is C22H22N4O2S. The fourth-order valence-corrected chi connectivity index (χ4v) is 4.02. The highest BCUT2D eigenvalue weighted by Gasteiger charge is 2.24. The van der Waals surface area contributed by atoms with Gasteiger partial charge >= 0.3 is 0 Å². The molecule has 0 unspecified atom stereocenters. The number of nitrogens with one attached hydrogen (secondary N) is 1. The number of rotatable bonds is 5. The first-order chi connectivity index (χ1) is 14.1. The highest BCUT2D eigenvalue weighted by Crippen LogP contribution is 2.23. The molecule has 2 heterocycles. The van der Waals surface area contributed by atoms with Crippen molar-refractivity contribution in [3.8, 4) is 0 Å². The molecule has 4 rings (SSSR count). The number of piperazine rings is 1. The van der Waals surface area contributed by atoms with Gasteiger partial charge in [0, 0.05) is 48.5 Å². The molecule has 0 saturated carbocycles. The van der Waals surface area contributed by atoms with E-state index in [1.807, 2.05) is 59.5 Å². The number of thiazole rings is 1. The standard InChI is InChI=1S/C22H22N4O2S/c1-16(27)17-7-9-19(10-8-17)25-11-13-26(14-12-25)21(28)20-15-29-22(24-20)23-18-5-3-2-4-6-18/h2-10,15H,11-14H2,1H3,(H,23,24). The van der Waals surface area contributed by atoms with Gasteiger partial charge in [0.25, 0.3) is 5.91 Å². The number of anilines is 3. The molecule has 1 aliphatic heterocycles. The SMILES string of the molecule is CC(=O)c1ccc(N2CCN(C(=O)c3csc(Nc4ccccc4)n3)CC2)cc1. The van der Waals surface area contributed by atoms with E-state index in [1.54, 1.807) is 12.3 Å². The van der Waals surface area contributed by atoms with Crippen LogP contribution >= 0.6 is 11.3 Å². The maximum absolute atomic E-state index is 12.8. The monoisotopic (exact) mass is 406 g/mol. The Hall–Kier alpha value is -3.19. The highest BCUT2D eigenvalue weighted by atomic mass is 32.1. The van der Waals surface area contributed by atoms with Crippen LogP contribution in [0.25, 0.3) is 0 Å². The third kappa shape index (κ3) is 4.46. The molecule has 2 aromatic carbocycles. The van der Waals surface area contributed by atoms with Gasteiger partial charge < -0.3 is 15.1 Å². The number of carbonyl (C=O) groups is 2. The second kappa shape index (κ2) is 8.45. The third-order valence-electron chi connectivity index (χ3n) is 4.95. The number of para-hydroxylation sites is 1. The predicted molar refractivity (Wildman–Crippen MR) is 116 cm³/mol. The van der Waals surface area contributed by atoms with Gasteiger partial charge in [-0.1, -0.05) is 18.2 Å². The normalized spacial score (nSPS) is 14.0. The van der Waals surface area contributed by atoms with Crippen LogP contribution in [-0.4, -0.2) is 47.8 Å². The van der Waals surface area contributed by atoms with Gasteiger partial charge in [-0.2, -0.15) is 0 Å². The largest absolute Gasteiger partial charge is 0.368 e. The zero-order valence-electron chi connectivity index (χ0n) is 16.2. The number of hydrogen-bond donors (Lipinski definition) is 1. The molecule has 6 nitrogen and oxygen atoms in total. The van der Waals surface area contributed by atoms with Crippen LogP contribution in [0.1, 0.15) is 27.8 Å². The zero-order chi connectivity index (χ0) is 20.2. The average molecular weight is 407 g/mol. The number of aromatic nitrogens is 1. The van der Waals surface area contributed by atoms with Crippen LogP contribution < -0.4 is 10.2 Å². The number of benzene rings is 2. The van der Waals surface area contributed by atoms with Crippen molar-refractivity contribution in [1.82, 2.24) is 9.88 Å². The third-order valence-corrected chi connectivity index (χ3v) is 5.71. The first kappa shape index (κ1) is 19.1. The molecule has 1 N–H and O–H groups in total. The smallest absolute Gasteiger partial charge is 0.273 e. The van der Waals surface area contributed by atoms with Crippen molar-refractivity contribution in [2.75, 3.05) is 36.4 Å². The number of ketones is 1. The van der Waals surface area contributed by atoms with Crippen LogP contribution in [0.5, 0.6) is 0 Å². The molecule has 1 saturated heterocycles. The summed E-state index contributed by atoms with van der Waals surface area (Å²) in [7, 11) is 0. The number of nitrogens with zero attached hydrogens (tertiary/aromatic N) is 3. The van der Waals surface area contributed by atoms with E-state index in [1.165, 1.54) is 11.3 Å². The molecule has 148 valence electrons. The average Bonchev–Trinajstić information content (AvgIpc) is 3.22. The fourth-order valence-electron chi connectivity index (χ4n) is 3.31. The van der Waals surface area contributed by atoms with Crippen molar-refractivity contribution in [2.24, 2.45) is 0 Å². The number of hydrogen-bond acceptors (Lipinski definition) is 6. The molecule has 1 fully saturated rings. The van der Waals surface area contributed by atoms with E-state index in [-0.39, 0.29) is 11.7 Å². The van der Waals surface area contributed by atoms with Crippen LogP contribution in [0.3, 0.4) is 0 Å². The summed E-state index contributed by atoms with van der Waals surface area (Å²) in [5, 5.41) is 5.75. The van der Waals surface area contributed by atoms with Gasteiger partial charge in [0.1, 0.15) is 5.69 Å². The van der Waals surface area contributed by atoms with Crippen molar-refractivity contribution in [1.29, 1.82) is 0 Å². The van der Waals surface area contributed by atoms with Crippen molar-refractivity contribution >= 4 is 39.5 Å². The Balaban J connectivity index is 1.35. The topological polar surface area (TPSA) is 65.5 Å². The number of Topliss-reactive ketones (excluding diaryl/α,β-unsaturated/α-hetero) is 1. The molecule has 0 spiro atoms. The molecule has 1 aliphatic rings. The molecule has 7 heteroatoms. The lowest BCUT2D eigenvalue weighted by atomic mass is 10.1. The number of carbonyl (C=O) groups excluding carboxylic acids is 2. The molecule has 0 bridgehead atoms. The second-order valence-corrected chi connectivity index (χ2v) is 7.77. The summed E-state index contributed by atoms with van der Waals surface area (Å²) < 4.78 is 0. The van der Waals surface area contributed by atoms with E-state index < -0.39 is 0 Å². The van der Waals surface area contributed by atoms with Crippen molar-refractivity contribution in [3.05, 3.63) is 71.2 Å². The van der Waals surface area contributed by atoms with Crippen LogP contribution in [0.4, 0.5) is 16.5 Å². The molecule has 1 aromatic heterocycles. The minimum Gasteiger partial charge on any atom is -0.368 e. The van der Waals surface area contributed by atoms with E-state index in [0.29, 0.717) is 29.5 Å². The summed E-state index contributed by atoms with van der Waals surface area (Å²) in [6, 6.07) is 17.4. The fraction of sp³-hybridized carbons (Fsp3) is 0.227. The Morgan fingerprint density at radius 1 is 0.966 bits per heavy atom. The van der Waals surface area contributed by atoms with Gasteiger partial charge in [0.15, 0.2) is 10.9 Å². The van der Waals surface area contributed by atoms with Crippen LogP contribution in [0.2, 0.25) is 0 Å². The zero-order valence-corrected chi connectivity index (χ0v) is 17.0. The second-order valence-electron chi connectivity index (χ2n) is 6.91. The van der Waals surface area contributed by atoms with E-state index in [4.69, 9.17) is 0 Å². The first-order valence-corrected chi connectivity index (χ1v) is 10.4. The van der Waals surface area contributed by atoms with Crippen molar-refractivity contribution in [2.45, 2.75) is 6.92 Å². The quantitative estimate of drug-likeness (QED) is 0.648. The van der Waals surface area contributed by atoms with Gasteiger partial charge in [0.05, 0.1) is 0 Å². The highest BCUT2D eigenvalue weighted by molar-refractivity contribution is 7.14. The molecule has 3 aromatic rings. The van der Waals surface area contributed by atoms with Crippen LogP contribution in [-0.2, 0) is 0 Å². The summed E-state index contributed by atoms with van der Waals surface area (Å²) in [5.74, 6) is 0.0327. The van der Waals surface area contributed by atoms with Crippen LogP contribution in [0.15, 0.2) is 60.0 Å². The van der Waals surface area contributed by atoms with Crippen molar-refractivity contribution in [3.63, 3.8) is 0 Å². The summed E-state index contributed by atoms with van der Waals surface area (Å²) in [4.78, 5) is 32.8. The minimum absolute atomic E-state index is 0.0334. The molecule has 0 aliphatic carbocycles. The lowest BCUT2D eigenvalue weighted by Crippen LogP contribution is -2.48. The lowest BCUT2D eigenvalue weighted by Gasteiger charge is -2.35. The Morgan fingerprint density at radius 2 is 1.66 bits per heavy atom. The van der Waals surface area contributed by atoms with E-state index >= 15 is 0 Å². The minimum atomic E-state index is -0.0334. The maximum Gasteiger partial charge on any atom is 0.273 e. The van der Waals surface area contributed by atoms with Gasteiger partial charge in [-0.05, 0) is 43.3 Å². The molecule has 0 radical (unpaired) electrons. The Morgan fingerprint density at radius 3 is 2.31 bits per heavy atom. The Kier molecular flexibility index (Phi) is 5.57. The van der Waals surface area contributed by atoms with Gasteiger partial charge in [0.2, 0.25) is 0 Å². The lowest BCUT2D eigenvalue weighted by molar-refractivity contribution is 0.0741. The number of amides is 1.